The molecule has 1 aliphatic heterocycles. The van der Waals surface area contributed by atoms with Gasteiger partial charge in [0.15, 0.2) is 5.78 Å². The summed E-state index contributed by atoms with van der Waals surface area (Å²) in [5.41, 5.74) is -1.73. The molecule has 2 atom stereocenters. The van der Waals surface area contributed by atoms with Crippen molar-refractivity contribution in [2.75, 3.05) is 6.54 Å². The van der Waals surface area contributed by atoms with E-state index in [1.54, 1.807) is 27.7 Å². The Kier molecular flexibility index (Phi) is 4.05. The molecular formula is C13H23NO4. The van der Waals surface area contributed by atoms with Crippen molar-refractivity contribution < 1.29 is 19.4 Å². The van der Waals surface area contributed by atoms with Crippen molar-refractivity contribution in [1.82, 2.24) is 4.90 Å². The lowest BCUT2D eigenvalue weighted by Gasteiger charge is -2.39. The van der Waals surface area contributed by atoms with Gasteiger partial charge in [-0.2, -0.15) is 0 Å². The number of carbonyl (C=O) groups is 2. The van der Waals surface area contributed by atoms with E-state index in [4.69, 9.17) is 4.74 Å². The highest BCUT2D eigenvalue weighted by molar-refractivity contribution is 5.91. The highest BCUT2D eigenvalue weighted by atomic mass is 16.6. The average Bonchev–Trinajstić information content (AvgIpc) is 2.59. The van der Waals surface area contributed by atoms with Crippen LogP contribution in [0, 0.1) is 0 Å². The van der Waals surface area contributed by atoms with Crippen LogP contribution in [-0.2, 0) is 9.53 Å². The quantitative estimate of drug-likeness (QED) is 0.818. The first-order valence-electron chi connectivity index (χ1n) is 6.31. The third-order valence-electron chi connectivity index (χ3n) is 3.34. The van der Waals surface area contributed by atoms with Gasteiger partial charge < -0.3 is 9.84 Å². The Hall–Kier alpha value is -1.10. The summed E-state index contributed by atoms with van der Waals surface area (Å²) in [4.78, 5) is 25.4. The number of amides is 1. The summed E-state index contributed by atoms with van der Waals surface area (Å²) in [5, 5.41) is 9.92. The van der Waals surface area contributed by atoms with Crippen LogP contribution in [0.1, 0.15) is 47.5 Å². The van der Waals surface area contributed by atoms with E-state index in [-0.39, 0.29) is 5.78 Å². The molecule has 1 N–H and O–H groups in total. The van der Waals surface area contributed by atoms with Crippen LogP contribution in [0.15, 0.2) is 0 Å². The molecule has 0 spiro atoms. The number of carbonyl (C=O) groups excluding carboxylic acids is 2. The molecule has 5 nitrogen and oxygen atoms in total. The van der Waals surface area contributed by atoms with Gasteiger partial charge in [0.25, 0.3) is 0 Å². The maximum Gasteiger partial charge on any atom is 0.411 e. The monoisotopic (exact) mass is 257 g/mol. The summed E-state index contributed by atoms with van der Waals surface area (Å²) in [5.74, 6) is -0.194. The first-order chi connectivity index (χ1) is 8.11. The molecule has 1 fully saturated rings. The topological polar surface area (TPSA) is 66.8 Å². The van der Waals surface area contributed by atoms with Crippen molar-refractivity contribution in [3.63, 3.8) is 0 Å². The molecule has 5 heteroatoms. The minimum atomic E-state index is -1.12. The van der Waals surface area contributed by atoms with Crippen molar-refractivity contribution in [2.45, 2.75) is 64.7 Å². The van der Waals surface area contributed by atoms with Gasteiger partial charge in [0, 0.05) is 6.54 Å². The number of rotatable bonds is 2. The maximum absolute atomic E-state index is 12.1. The van der Waals surface area contributed by atoms with Gasteiger partial charge >= 0.3 is 6.09 Å². The van der Waals surface area contributed by atoms with Crippen LogP contribution < -0.4 is 0 Å². The van der Waals surface area contributed by atoms with Crippen LogP contribution in [0.4, 0.5) is 4.79 Å². The first kappa shape index (κ1) is 15.0. The van der Waals surface area contributed by atoms with Crippen molar-refractivity contribution >= 4 is 11.9 Å². The number of nitrogens with zero attached hydrogens (tertiary/aromatic N) is 1. The molecule has 18 heavy (non-hydrogen) atoms. The van der Waals surface area contributed by atoms with Crippen LogP contribution in [0.25, 0.3) is 0 Å². The second-order valence-corrected chi connectivity index (χ2v) is 5.89. The lowest BCUT2D eigenvalue weighted by atomic mass is 9.86. The summed E-state index contributed by atoms with van der Waals surface area (Å²) in [6, 6.07) is 0. The number of hydrogen-bond acceptors (Lipinski definition) is 4. The van der Waals surface area contributed by atoms with E-state index < -0.39 is 23.3 Å². The van der Waals surface area contributed by atoms with Crippen LogP contribution in [0.3, 0.4) is 0 Å². The summed E-state index contributed by atoms with van der Waals surface area (Å²) in [6.07, 6.45) is -0.246. The van der Waals surface area contributed by atoms with Gasteiger partial charge in [-0.1, -0.05) is 0 Å². The molecule has 0 aromatic rings. The van der Waals surface area contributed by atoms with Crippen molar-refractivity contribution in [1.29, 1.82) is 0 Å². The average molecular weight is 257 g/mol. The fraction of sp³-hybridized carbons (Fsp3) is 0.846. The predicted octanol–water partition coefficient (Wildman–Crippen LogP) is 1.73. The Morgan fingerprint density at radius 2 is 1.94 bits per heavy atom. The lowest BCUT2D eigenvalue weighted by molar-refractivity contribution is -0.133. The van der Waals surface area contributed by atoms with Crippen molar-refractivity contribution in [2.24, 2.45) is 0 Å². The van der Waals surface area contributed by atoms with Gasteiger partial charge in [0.05, 0.1) is 6.10 Å². The van der Waals surface area contributed by atoms with Crippen LogP contribution in [0.5, 0.6) is 0 Å². The number of Topliss-reactive ketones (excluding diaryl/α,β-unsaturated/α-hetero) is 1. The minimum Gasteiger partial charge on any atom is -0.444 e. The Morgan fingerprint density at radius 1 is 1.39 bits per heavy atom. The summed E-state index contributed by atoms with van der Waals surface area (Å²) < 4.78 is 5.30. The number of aliphatic hydroxyl groups is 1. The number of likely N-dealkylation sites (tertiary alicyclic amines) is 1. The van der Waals surface area contributed by atoms with Crippen LogP contribution >= 0.6 is 0 Å². The molecule has 2 unspecified atom stereocenters. The molecule has 0 bridgehead atoms. The van der Waals surface area contributed by atoms with E-state index in [0.29, 0.717) is 19.4 Å². The molecule has 1 heterocycles. The van der Waals surface area contributed by atoms with Gasteiger partial charge in [0.1, 0.15) is 11.1 Å². The van der Waals surface area contributed by atoms with Gasteiger partial charge in [-0.25, -0.2) is 4.79 Å². The van der Waals surface area contributed by atoms with Gasteiger partial charge in [-0.3, -0.25) is 9.69 Å². The highest BCUT2D eigenvalue weighted by Crippen LogP contribution is 2.34. The molecule has 1 rings (SSSR count). The van der Waals surface area contributed by atoms with Crippen LogP contribution in [0.2, 0.25) is 0 Å². The molecule has 104 valence electrons. The number of aliphatic hydroxyl groups excluding tert-OH is 1. The van der Waals surface area contributed by atoms with Crippen LogP contribution in [-0.4, -0.2) is 45.7 Å². The Bertz CT molecular complexity index is 345. The predicted molar refractivity (Wildman–Crippen MR) is 67.3 cm³/mol. The van der Waals surface area contributed by atoms with Crippen molar-refractivity contribution in [3.8, 4) is 0 Å². The molecule has 0 aliphatic carbocycles. The third kappa shape index (κ3) is 2.66. The molecule has 0 aromatic heterocycles. The van der Waals surface area contributed by atoms with E-state index >= 15 is 0 Å². The van der Waals surface area contributed by atoms with E-state index in [1.807, 2.05) is 0 Å². The zero-order valence-electron chi connectivity index (χ0n) is 11.8. The summed E-state index contributed by atoms with van der Waals surface area (Å²) in [7, 11) is 0. The SMILES string of the molecule is CC(=O)C1(C(C)O)CCCN1C(=O)OC(C)(C)C. The van der Waals surface area contributed by atoms with Crippen molar-refractivity contribution in [3.05, 3.63) is 0 Å². The lowest BCUT2D eigenvalue weighted by Crippen LogP contribution is -2.59. The fourth-order valence-corrected chi connectivity index (χ4v) is 2.51. The largest absolute Gasteiger partial charge is 0.444 e. The summed E-state index contributed by atoms with van der Waals surface area (Å²) >= 11 is 0. The zero-order valence-corrected chi connectivity index (χ0v) is 11.8. The van der Waals surface area contributed by atoms with E-state index in [9.17, 15) is 14.7 Å². The van der Waals surface area contributed by atoms with Gasteiger partial charge in [-0.05, 0) is 47.5 Å². The van der Waals surface area contributed by atoms with E-state index in [2.05, 4.69) is 0 Å². The fourth-order valence-electron chi connectivity index (χ4n) is 2.51. The van der Waals surface area contributed by atoms with E-state index in [1.165, 1.54) is 11.8 Å². The molecular weight excluding hydrogens is 234 g/mol. The molecule has 0 radical (unpaired) electrons. The molecule has 1 saturated heterocycles. The number of ketones is 1. The van der Waals surface area contributed by atoms with Gasteiger partial charge in [0.2, 0.25) is 0 Å². The Labute approximate surface area is 108 Å². The summed E-state index contributed by atoms with van der Waals surface area (Å²) in [6.45, 7) is 8.73. The minimum absolute atomic E-state index is 0.194. The number of ether oxygens (including phenoxy) is 1. The molecule has 0 aromatic carbocycles. The third-order valence-corrected chi connectivity index (χ3v) is 3.34. The van der Waals surface area contributed by atoms with Gasteiger partial charge in [-0.15, -0.1) is 0 Å². The second-order valence-electron chi connectivity index (χ2n) is 5.89. The molecule has 0 saturated carbocycles. The highest BCUT2D eigenvalue weighted by Gasteiger charge is 2.52. The normalized spacial score (nSPS) is 26.0. The smallest absolute Gasteiger partial charge is 0.411 e. The standard InChI is InChI=1S/C13H23NO4/c1-9(15)13(10(2)16)7-6-8-14(13)11(17)18-12(3,4)5/h9,15H,6-8H2,1-5H3. The second kappa shape index (κ2) is 4.88. The number of hydrogen-bond donors (Lipinski definition) is 1. The molecule has 1 amide bonds. The van der Waals surface area contributed by atoms with E-state index in [0.717, 1.165) is 0 Å². The Balaban J connectivity index is 3.00. The Morgan fingerprint density at radius 3 is 2.33 bits per heavy atom. The maximum atomic E-state index is 12.1. The first-order valence-corrected chi connectivity index (χ1v) is 6.31. The molecule has 1 aliphatic rings. The zero-order chi connectivity index (χ0) is 14.1.